The molecule has 18 heavy (non-hydrogen) atoms. The predicted molar refractivity (Wildman–Crippen MR) is 73.1 cm³/mol. The van der Waals surface area contributed by atoms with Crippen molar-refractivity contribution in [3.05, 3.63) is 5.28 Å². The minimum Gasteiger partial charge on any atom is -0.384 e. The summed E-state index contributed by atoms with van der Waals surface area (Å²) in [5.74, 6) is 1.35. The van der Waals surface area contributed by atoms with E-state index in [2.05, 4.69) is 39.4 Å². The molecule has 0 aliphatic carbocycles. The molecule has 0 saturated heterocycles. The zero-order valence-corrected chi connectivity index (χ0v) is 11.8. The summed E-state index contributed by atoms with van der Waals surface area (Å²) >= 11 is 5.84. The lowest BCUT2D eigenvalue weighted by Gasteiger charge is -2.12. The fourth-order valence-corrected chi connectivity index (χ4v) is 1.51. The van der Waals surface area contributed by atoms with Crippen LogP contribution in [0.1, 0.15) is 20.3 Å². The number of ether oxygens (including phenoxy) is 1. The summed E-state index contributed by atoms with van der Waals surface area (Å²) in [6, 6.07) is 0. The molecule has 0 saturated carbocycles. The van der Waals surface area contributed by atoms with E-state index >= 15 is 0 Å². The van der Waals surface area contributed by atoms with E-state index < -0.39 is 0 Å². The van der Waals surface area contributed by atoms with Crippen LogP contribution in [0.4, 0.5) is 11.9 Å². The first kappa shape index (κ1) is 14.9. The van der Waals surface area contributed by atoms with Crippen LogP contribution in [0.2, 0.25) is 5.28 Å². The summed E-state index contributed by atoms with van der Waals surface area (Å²) in [5.41, 5.74) is 0. The summed E-state index contributed by atoms with van der Waals surface area (Å²) in [4.78, 5) is 12.3. The average molecular weight is 274 g/mol. The molecule has 2 N–H and O–H groups in total. The first-order valence-corrected chi connectivity index (χ1v) is 6.41. The van der Waals surface area contributed by atoms with E-state index in [1.807, 2.05) is 0 Å². The number of rotatable bonds is 8. The number of anilines is 2. The van der Waals surface area contributed by atoms with Gasteiger partial charge in [-0.2, -0.15) is 15.0 Å². The molecule has 0 aliphatic heterocycles. The molecule has 1 aromatic heterocycles. The van der Waals surface area contributed by atoms with Crippen LogP contribution < -0.4 is 10.6 Å². The van der Waals surface area contributed by atoms with Gasteiger partial charge in [-0.1, -0.05) is 13.8 Å². The topological polar surface area (TPSA) is 72.0 Å². The Morgan fingerprint density at radius 2 is 1.89 bits per heavy atom. The molecule has 0 amide bonds. The largest absolute Gasteiger partial charge is 0.384 e. The average Bonchev–Trinajstić information content (AvgIpc) is 2.34. The molecule has 0 fully saturated rings. The molecule has 7 heteroatoms. The highest BCUT2D eigenvalue weighted by Crippen LogP contribution is 2.10. The van der Waals surface area contributed by atoms with Gasteiger partial charge in [0.15, 0.2) is 0 Å². The van der Waals surface area contributed by atoms with Crippen molar-refractivity contribution in [2.45, 2.75) is 20.3 Å². The van der Waals surface area contributed by atoms with E-state index in [0.717, 1.165) is 19.5 Å². The van der Waals surface area contributed by atoms with Gasteiger partial charge in [0.1, 0.15) is 0 Å². The second kappa shape index (κ2) is 8.05. The third kappa shape index (κ3) is 5.46. The van der Waals surface area contributed by atoms with Crippen LogP contribution in [0.5, 0.6) is 0 Å². The van der Waals surface area contributed by atoms with Crippen molar-refractivity contribution in [1.29, 1.82) is 0 Å². The van der Waals surface area contributed by atoms with Crippen LogP contribution in [-0.4, -0.2) is 41.8 Å². The third-order valence-electron chi connectivity index (χ3n) is 2.20. The van der Waals surface area contributed by atoms with E-state index in [-0.39, 0.29) is 5.28 Å². The molecule has 1 unspecified atom stereocenters. The highest BCUT2D eigenvalue weighted by Gasteiger charge is 2.06. The first-order chi connectivity index (χ1) is 8.65. The van der Waals surface area contributed by atoms with Gasteiger partial charge in [-0.25, -0.2) is 0 Å². The van der Waals surface area contributed by atoms with Crippen molar-refractivity contribution in [3.63, 3.8) is 0 Å². The monoisotopic (exact) mass is 273 g/mol. The smallest absolute Gasteiger partial charge is 0.228 e. The van der Waals surface area contributed by atoms with E-state index in [9.17, 15) is 0 Å². The van der Waals surface area contributed by atoms with E-state index in [1.54, 1.807) is 7.11 Å². The van der Waals surface area contributed by atoms with Crippen molar-refractivity contribution >= 4 is 23.5 Å². The zero-order chi connectivity index (χ0) is 13.4. The maximum Gasteiger partial charge on any atom is 0.228 e. The number of hydrogen-bond acceptors (Lipinski definition) is 6. The minimum absolute atomic E-state index is 0.186. The Bertz CT molecular complexity index is 363. The van der Waals surface area contributed by atoms with Gasteiger partial charge in [0.2, 0.25) is 17.2 Å². The molecule has 0 spiro atoms. The van der Waals surface area contributed by atoms with Crippen LogP contribution >= 0.6 is 11.6 Å². The van der Waals surface area contributed by atoms with Crippen molar-refractivity contribution < 1.29 is 4.74 Å². The third-order valence-corrected chi connectivity index (χ3v) is 2.37. The van der Waals surface area contributed by atoms with Crippen LogP contribution in [0.15, 0.2) is 0 Å². The number of nitrogens with one attached hydrogen (secondary N) is 2. The molecule has 0 aromatic carbocycles. The fraction of sp³-hybridized carbons (Fsp3) is 0.727. The van der Waals surface area contributed by atoms with Gasteiger partial charge in [-0.3, -0.25) is 0 Å². The maximum atomic E-state index is 5.84. The molecule has 6 nitrogen and oxygen atoms in total. The lowest BCUT2D eigenvalue weighted by Crippen LogP contribution is -2.18. The standard InChI is InChI=1S/C11H20ClN5O/c1-4-5-13-10-15-9(12)16-11(17-10)14-6-8(2)7-18-3/h8H,4-7H2,1-3H3,(H2,13,14,15,16,17). The highest BCUT2D eigenvalue weighted by atomic mass is 35.5. The van der Waals surface area contributed by atoms with E-state index in [0.29, 0.717) is 24.4 Å². The van der Waals surface area contributed by atoms with Gasteiger partial charge in [0.25, 0.3) is 0 Å². The number of halogens is 1. The molecule has 1 rings (SSSR count). The lowest BCUT2D eigenvalue weighted by atomic mass is 10.2. The van der Waals surface area contributed by atoms with Gasteiger partial charge in [-0.05, 0) is 23.9 Å². The van der Waals surface area contributed by atoms with Crippen molar-refractivity contribution in [2.75, 3.05) is 37.4 Å². The second-order valence-electron chi connectivity index (χ2n) is 4.12. The minimum atomic E-state index is 0.186. The Kier molecular flexibility index (Phi) is 6.67. The number of nitrogens with zero attached hydrogens (tertiary/aromatic N) is 3. The van der Waals surface area contributed by atoms with Gasteiger partial charge in [0.05, 0.1) is 6.61 Å². The Balaban J connectivity index is 2.56. The van der Waals surface area contributed by atoms with Crippen molar-refractivity contribution in [2.24, 2.45) is 5.92 Å². The van der Waals surface area contributed by atoms with Crippen LogP contribution in [-0.2, 0) is 4.74 Å². The Morgan fingerprint density at radius 3 is 2.50 bits per heavy atom. The summed E-state index contributed by atoms with van der Waals surface area (Å²) < 4.78 is 5.06. The molecular weight excluding hydrogens is 254 g/mol. The maximum absolute atomic E-state index is 5.84. The number of aromatic nitrogens is 3. The first-order valence-electron chi connectivity index (χ1n) is 6.04. The number of hydrogen-bond donors (Lipinski definition) is 2. The summed E-state index contributed by atoms with van der Waals surface area (Å²) in [7, 11) is 1.68. The predicted octanol–water partition coefficient (Wildman–Crippen LogP) is 2.04. The molecular formula is C11H20ClN5O. The zero-order valence-electron chi connectivity index (χ0n) is 11.0. The highest BCUT2D eigenvalue weighted by molar-refractivity contribution is 6.28. The van der Waals surface area contributed by atoms with Crippen molar-refractivity contribution in [3.8, 4) is 0 Å². The van der Waals surface area contributed by atoms with E-state index in [4.69, 9.17) is 16.3 Å². The molecule has 1 atom stereocenters. The molecule has 1 heterocycles. The van der Waals surface area contributed by atoms with Gasteiger partial charge >= 0.3 is 0 Å². The quantitative estimate of drug-likeness (QED) is 0.755. The second-order valence-corrected chi connectivity index (χ2v) is 4.46. The molecule has 0 bridgehead atoms. The van der Waals surface area contributed by atoms with Crippen LogP contribution in [0.25, 0.3) is 0 Å². The summed E-state index contributed by atoms with van der Waals surface area (Å²) in [5, 5.41) is 6.38. The normalized spacial score (nSPS) is 12.2. The van der Waals surface area contributed by atoms with Crippen LogP contribution in [0.3, 0.4) is 0 Å². The molecule has 102 valence electrons. The summed E-state index contributed by atoms with van der Waals surface area (Å²) in [6.07, 6.45) is 0.997. The van der Waals surface area contributed by atoms with E-state index in [1.165, 1.54) is 0 Å². The van der Waals surface area contributed by atoms with Crippen LogP contribution in [0, 0.1) is 5.92 Å². The molecule has 0 radical (unpaired) electrons. The molecule has 0 aliphatic rings. The number of methoxy groups -OCH3 is 1. The Hall–Kier alpha value is -1.14. The molecule has 1 aromatic rings. The van der Waals surface area contributed by atoms with Gasteiger partial charge in [-0.15, -0.1) is 0 Å². The Labute approximate surface area is 113 Å². The van der Waals surface area contributed by atoms with Crippen molar-refractivity contribution in [1.82, 2.24) is 15.0 Å². The SMILES string of the molecule is CCCNc1nc(Cl)nc(NCC(C)COC)n1. The van der Waals surface area contributed by atoms with Gasteiger partial charge < -0.3 is 15.4 Å². The fourth-order valence-electron chi connectivity index (χ4n) is 1.35. The lowest BCUT2D eigenvalue weighted by molar-refractivity contribution is 0.164. The summed E-state index contributed by atoms with van der Waals surface area (Å²) in [6.45, 7) is 6.37. The van der Waals surface area contributed by atoms with Gasteiger partial charge in [0, 0.05) is 20.2 Å². The Morgan fingerprint density at radius 1 is 1.22 bits per heavy atom.